The number of nitrogens with zero attached hydrogens (tertiary/aromatic N) is 1. The third-order valence-electron chi connectivity index (χ3n) is 2.44. The molecule has 0 amide bonds. The van der Waals surface area contributed by atoms with Gasteiger partial charge in [-0.1, -0.05) is 6.92 Å². The first-order valence-corrected chi connectivity index (χ1v) is 5.62. The number of ether oxygens (including phenoxy) is 2. The molecule has 0 bridgehead atoms. The van der Waals surface area contributed by atoms with Crippen LogP contribution >= 0.6 is 0 Å². The van der Waals surface area contributed by atoms with Crippen molar-refractivity contribution in [3.8, 4) is 0 Å². The Kier molecular flexibility index (Phi) is 9.18. The fourth-order valence-electron chi connectivity index (χ4n) is 1.38. The summed E-state index contributed by atoms with van der Waals surface area (Å²) in [4.78, 5) is 13.2. The zero-order valence-electron chi connectivity index (χ0n) is 10.6. The van der Waals surface area contributed by atoms with Gasteiger partial charge in [0.1, 0.15) is 0 Å². The number of methoxy groups -OCH3 is 2. The predicted molar refractivity (Wildman–Crippen MR) is 63.2 cm³/mol. The fourth-order valence-corrected chi connectivity index (χ4v) is 1.38. The number of rotatable bonds is 9. The van der Waals surface area contributed by atoms with Gasteiger partial charge in [-0.05, 0) is 12.5 Å². The highest BCUT2D eigenvalue weighted by atomic mass is 16.5. The summed E-state index contributed by atoms with van der Waals surface area (Å²) in [5, 5.41) is 0. The van der Waals surface area contributed by atoms with E-state index >= 15 is 0 Å². The van der Waals surface area contributed by atoms with Crippen LogP contribution < -0.4 is 5.73 Å². The summed E-state index contributed by atoms with van der Waals surface area (Å²) in [5.74, 6) is 0.248. The average molecular weight is 232 g/mol. The molecule has 1 atom stereocenters. The molecule has 2 N–H and O–H groups in total. The van der Waals surface area contributed by atoms with Crippen molar-refractivity contribution in [2.75, 3.05) is 47.0 Å². The quantitative estimate of drug-likeness (QED) is 0.571. The number of nitrogens with two attached hydrogens (primary N) is 1. The van der Waals surface area contributed by atoms with Crippen LogP contribution in [-0.4, -0.2) is 57.9 Å². The zero-order chi connectivity index (χ0) is 12.4. The first kappa shape index (κ1) is 15.3. The Hall–Kier alpha value is -0.650. The smallest absolute Gasteiger partial charge is 0.306 e. The molecule has 0 aromatic heterocycles. The van der Waals surface area contributed by atoms with Crippen LogP contribution in [0.5, 0.6) is 0 Å². The Morgan fingerprint density at radius 1 is 1.38 bits per heavy atom. The molecule has 0 saturated carbocycles. The monoisotopic (exact) mass is 232 g/mol. The summed E-state index contributed by atoms with van der Waals surface area (Å²) in [6.45, 7) is 5.81. The maximum Gasteiger partial charge on any atom is 0.306 e. The van der Waals surface area contributed by atoms with E-state index in [9.17, 15) is 4.79 Å². The van der Waals surface area contributed by atoms with Gasteiger partial charge in [-0.2, -0.15) is 0 Å². The Bertz CT molecular complexity index is 188. The SMILES string of the molecule is COCCN(CCC(=O)OC)CC(C)CN. The zero-order valence-corrected chi connectivity index (χ0v) is 10.6. The molecule has 0 radical (unpaired) electrons. The van der Waals surface area contributed by atoms with E-state index in [1.54, 1.807) is 7.11 Å². The van der Waals surface area contributed by atoms with Crippen LogP contribution in [0.3, 0.4) is 0 Å². The van der Waals surface area contributed by atoms with Crippen LogP contribution in [0.4, 0.5) is 0 Å². The van der Waals surface area contributed by atoms with Crippen LogP contribution in [0.25, 0.3) is 0 Å². The van der Waals surface area contributed by atoms with Crippen LogP contribution in [0.2, 0.25) is 0 Å². The van der Waals surface area contributed by atoms with Gasteiger partial charge in [0.2, 0.25) is 0 Å². The van der Waals surface area contributed by atoms with Gasteiger partial charge < -0.3 is 20.1 Å². The lowest BCUT2D eigenvalue weighted by Crippen LogP contribution is -2.35. The molecule has 0 rings (SSSR count). The number of esters is 1. The molecule has 0 aliphatic heterocycles. The second-order valence-electron chi connectivity index (χ2n) is 3.96. The first-order valence-electron chi connectivity index (χ1n) is 5.62. The molecule has 0 saturated heterocycles. The molecule has 0 aliphatic carbocycles. The Labute approximate surface area is 97.9 Å². The third kappa shape index (κ3) is 7.62. The highest BCUT2D eigenvalue weighted by Gasteiger charge is 2.11. The van der Waals surface area contributed by atoms with Gasteiger partial charge in [0.15, 0.2) is 0 Å². The molecule has 1 unspecified atom stereocenters. The Balaban J connectivity index is 3.93. The molecule has 96 valence electrons. The van der Waals surface area contributed by atoms with Gasteiger partial charge in [0, 0.05) is 26.7 Å². The van der Waals surface area contributed by atoms with E-state index < -0.39 is 0 Å². The second kappa shape index (κ2) is 9.57. The van der Waals surface area contributed by atoms with E-state index in [4.69, 9.17) is 10.5 Å². The number of hydrogen-bond donors (Lipinski definition) is 1. The highest BCUT2D eigenvalue weighted by molar-refractivity contribution is 5.69. The predicted octanol–water partition coefficient (Wildman–Crippen LogP) is 0.0927. The van der Waals surface area contributed by atoms with E-state index in [-0.39, 0.29) is 5.97 Å². The maximum absolute atomic E-state index is 11.0. The van der Waals surface area contributed by atoms with Crippen molar-refractivity contribution in [3.63, 3.8) is 0 Å². The van der Waals surface area contributed by atoms with Crippen molar-refractivity contribution in [1.29, 1.82) is 0 Å². The lowest BCUT2D eigenvalue weighted by molar-refractivity contribution is -0.141. The summed E-state index contributed by atoms with van der Waals surface area (Å²) in [6, 6.07) is 0. The van der Waals surface area contributed by atoms with Crippen molar-refractivity contribution in [2.45, 2.75) is 13.3 Å². The molecule has 5 nitrogen and oxygen atoms in total. The number of hydrogen-bond acceptors (Lipinski definition) is 5. The minimum atomic E-state index is -0.178. The fraction of sp³-hybridized carbons (Fsp3) is 0.909. The lowest BCUT2D eigenvalue weighted by atomic mass is 10.1. The minimum absolute atomic E-state index is 0.178. The summed E-state index contributed by atoms with van der Waals surface area (Å²) in [7, 11) is 3.08. The molecule has 0 aliphatic rings. The topological polar surface area (TPSA) is 64.8 Å². The van der Waals surface area contributed by atoms with Crippen molar-refractivity contribution in [3.05, 3.63) is 0 Å². The molecule has 0 spiro atoms. The lowest BCUT2D eigenvalue weighted by Gasteiger charge is -2.24. The van der Waals surface area contributed by atoms with Gasteiger partial charge in [-0.3, -0.25) is 4.79 Å². The van der Waals surface area contributed by atoms with Crippen LogP contribution in [-0.2, 0) is 14.3 Å². The summed E-state index contributed by atoms with van der Waals surface area (Å²) < 4.78 is 9.65. The minimum Gasteiger partial charge on any atom is -0.469 e. The normalized spacial score (nSPS) is 12.8. The molecule has 16 heavy (non-hydrogen) atoms. The van der Waals surface area contributed by atoms with Crippen molar-refractivity contribution >= 4 is 5.97 Å². The highest BCUT2D eigenvalue weighted by Crippen LogP contribution is 2.00. The van der Waals surface area contributed by atoms with E-state index in [0.29, 0.717) is 32.0 Å². The first-order chi connectivity index (χ1) is 7.63. The maximum atomic E-state index is 11.0. The van der Waals surface area contributed by atoms with Gasteiger partial charge >= 0.3 is 5.97 Å². The summed E-state index contributed by atoms with van der Waals surface area (Å²) in [5.41, 5.74) is 5.58. The van der Waals surface area contributed by atoms with Gasteiger partial charge in [-0.25, -0.2) is 0 Å². The van der Waals surface area contributed by atoms with Gasteiger partial charge in [0.05, 0.1) is 20.1 Å². The molecule has 0 heterocycles. The molecular weight excluding hydrogens is 208 g/mol. The average Bonchev–Trinajstić information content (AvgIpc) is 2.31. The third-order valence-corrected chi connectivity index (χ3v) is 2.44. The van der Waals surface area contributed by atoms with E-state index in [2.05, 4.69) is 16.6 Å². The molecule has 0 aromatic carbocycles. The van der Waals surface area contributed by atoms with Crippen LogP contribution in [0, 0.1) is 5.92 Å². The Morgan fingerprint density at radius 2 is 2.06 bits per heavy atom. The standard InChI is InChI=1S/C11H24N2O3/c1-10(8-12)9-13(6-7-15-2)5-4-11(14)16-3/h10H,4-9,12H2,1-3H3. The number of carbonyl (C=O) groups excluding carboxylic acids is 1. The van der Waals surface area contributed by atoms with E-state index in [0.717, 1.165) is 13.1 Å². The summed E-state index contributed by atoms with van der Waals surface area (Å²) in [6.07, 6.45) is 0.414. The molecule has 0 fully saturated rings. The van der Waals surface area contributed by atoms with Crippen molar-refractivity contribution in [1.82, 2.24) is 4.90 Å². The van der Waals surface area contributed by atoms with Crippen LogP contribution in [0.15, 0.2) is 0 Å². The van der Waals surface area contributed by atoms with E-state index in [1.807, 2.05) is 0 Å². The molecule has 0 aromatic rings. The molecular formula is C11H24N2O3. The van der Waals surface area contributed by atoms with Gasteiger partial charge in [0.25, 0.3) is 0 Å². The van der Waals surface area contributed by atoms with Gasteiger partial charge in [-0.15, -0.1) is 0 Å². The van der Waals surface area contributed by atoms with Crippen LogP contribution in [0.1, 0.15) is 13.3 Å². The van der Waals surface area contributed by atoms with E-state index in [1.165, 1.54) is 7.11 Å². The number of carbonyl (C=O) groups is 1. The second-order valence-corrected chi connectivity index (χ2v) is 3.96. The molecule has 5 heteroatoms. The summed E-state index contributed by atoms with van der Waals surface area (Å²) >= 11 is 0. The largest absolute Gasteiger partial charge is 0.469 e. The Morgan fingerprint density at radius 3 is 2.56 bits per heavy atom. The van der Waals surface area contributed by atoms with Crippen molar-refractivity contribution < 1.29 is 14.3 Å². The van der Waals surface area contributed by atoms with Crippen molar-refractivity contribution in [2.24, 2.45) is 11.7 Å².